The predicted octanol–water partition coefficient (Wildman–Crippen LogP) is 5.40. The van der Waals surface area contributed by atoms with E-state index in [0.29, 0.717) is 17.0 Å². The molecule has 0 spiro atoms. The fourth-order valence-electron chi connectivity index (χ4n) is 3.85. The van der Waals surface area contributed by atoms with E-state index in [1.54, 1.807) is 0 Å². The lowest BCUT2D eigenvalue weighted by Gasteiger charge is -2.42. The van der Waals surface area contributed by atoms with Gasteiger partial charge in [-0.05, 0) is 44.2 Å². The molecule has 1 aliphatic heterocycles. The van der Waals surface area contributed by atoms with E-state index in [0.717, 1.165) is 13.1 Å². The van der Waals surface area contributed by atoms with Crippen molar-refractivity contribution in [1.29, 1.82) is 0 Å². The summed E-state index contributed by atoms with van der Waals surface area (Å²) >= 11 is 0. The lowest BCUT2D eigenvalue weighted by Crippen LogP contribution is -2.49. The highest BCUT2D eigenvalue weighted by Gasteiger charge is 2.52. The van der Waals surface area contributed by atoms with E-state index in [2.05, 4.69) is 84.2 Å². The van der Waals surface area contributed by atoms with Gasteiger partial charge in [-0.15, -0.1) is 14.8 Å². The van der Waals surface area contributed by atoms with Crippen molar-refractivity contribution in [2.45, 2.75) is 91.3 Å². The van der Waals surface area contributed by atoms with Gasteiger partial charge in [-0.1, -0.05) is 46.1 Å². The summed E-state index contributed by atoms with van der Waals surface area (Å²) in [6.07, 6.45) is 1.20. The first-order valence-corrected chi connectivity index (χ1v) is 12.8. The first-order chi connectivity index (χ1) is 10.4. The molecule has 0 bridgehead atoms. The Balaban J connectivity index is 3.56. The normalized spacial score (nSPS) is 24.7. The molecule has 1 rings (SSSR count). The zero-order valence-corrected chi connectivity index (χ0v) is 18.9. The molecule has 2 N–H and O–H groups in total. The molecule has 0 aromatic heterocycles. The Bertz CT molecular complexity index is 412. The minimum Gasteiger partial charge on any atom is -0.140 e. The second-order valence-corrected chi connectivity index (χ2v) is 16.6. The third-order valence-corrected chi connectivity index (χ3v) is 14.8. The predicted molar refractivity (Wildman–Crippen MR) is 110 cm³/mol. The topological polar surface area (TPSA) is 39.7 Å². The molecule has 0 aromatic rings. The van der Waals surface area contributed by atoms with E-state index in [9.17, 15) is 0 Å². The average molecular weight is 363 g/mol. The fraction of sp³-hybridized carbons (Fsp3) is 1.00. The van der Waals surface area contributed by atoms with E-state index in [1.165, 1.54) is 6.42 Å². The molecule has 1 fully saturated rings. The maximum absolute atomic E-state index is 5.79. The van der Waals surface area contributed by atoms with Crippen LogP contribution in [0.2, 0.25) is 0 Å². The van der Waals surface area contributed by atoms with Gasteiger partial charge >= 0.3 is 7.87 Å². The van der Waals surface area contributed by atoms with Gasteiger partial charge < -0.3 is 0 Å². The molecule has 23 heavy (non-hydrogen) atoms. The molecule has 1 unspecified atom stereocenters. The van der Waals surface area contributed by atoms with E-state index in [-0.39, 0.29) is 5.54 Å². The van der Waals surface area contributed by atoms with Crippen LogP contribution in [0, 0.1) is 0 Å². The average Bonchev–Trinajstić information content (AvgIpc) is 2.36. The van der Waals surface area contributed by atoms with Crippen LogP contribution >= 0.6 is 14.9 Å². The van der Waals surface area contributed by atoms with Crippen molar-refractivity contribution >= 4 is 14.9 Å². The summed E-state index contributed by atoms with van der Waals surface area (Å²) in [5.74, 6) is 0. The van der Waals surface area contributed by atoms with Crippen molar-refractivity contribution in [1.82, 2.24) is 14.8 Å². The van der Waals surface area contributed by atoms with Crippen molar-refractivity contribution < 1.29 is 0 Å². The molecule has 6 heteroatoms. The van der Waals surface area contributed by atoms with Crippen molar-refractivity contribution in [3.63, 3.8) is 0 Å². The third kappa shape index (κ3) is 4.79. The second-order valence-electron chi connectivity index (χ2n) is 8.77. The summed E-state index contributed by atoms with van der Waals surface area (Å²) in [5, 5.41) is 7.77. The molecule has 0 aliphatic carbocycles. The van der Waals surface area contributed by atoms with Crippen LogP contribution in [0.15, 0.2) is 4.52 Å². The number of nitrogens with one attached hydrogen (secondary N) is 2. The number of hydrogen-bond donors (Lipinski definition) is 2. The number of hydrogen-bond acceptors (Lipinski definition) is 4. The van der Waals surface area contributed by atoms with Crippen molar-refractivity contribution in [2.24, 2.45) is 4.52 Å². The molecule has 0 aromatic carbocycles. The van der Waals surface area contributed by atoms with Gasteiger partial charge in [0.15, 0.2) is 0 Å². The summed E-state index contributed by atoms with van der Waals surface area (Å²) < 4.78 is 8.28. The third-order valence-electron chi connectivity index (χ3n) is 4.74. The van der Waals surface area contributed by atoms with Gasteiger partial charge in [-0.2, -0.15) is 0 Å². The Morgan fingerprint density at radius 1 is 1.04 bits per heavy atom. The van der Waals surface area contributed by atoms with E-state index in [1.807, 2.05) is 0 Å². The number of rotatable bonds is 5. The highest BCUT2D eigenvalue weighted by molar-refractivity contribution is 7.79. The summed E-state index contributed by atoms with van der Waals surface area (Å²) in [6, 6.07) is 0. The zero-order chi connectivity index (χ0) is 18.1. The number of nitrogens with zero attached hydrogens (tertiary/aromatic N) is 2. The highest BCUT2D eigenvalue weighted by atomic mass is 31.2. The Hall–Kier alpha value is 0.540. The van der Waals surface area contributed by atoms with Crippen molar-refractivity contribution in [2.75, 3.05) is 20.1 Å². The van der Waals surface area contributed by atoms with Gasteiger partial charge in [0.1, 0.15) is 0 Å². The SMILES string of the molecule is CC(C)P(=N[P+]1(NC(C)(C)C)NCCCN1C)(C(C)C)C(C)C. The van der Waals surface area contributed by atoms with E-state index < -0.39 is 14.9 Å². The lowest BCUT2D eigenvalue weighted by molar-refractivity contribution is 0.429. The summed E-state index contributed by atoms with van der Waals surface area (Å²) in [5.41, 5.74) is 1.92. The van der Waals surface area contributed by atoms with Crippen LogP contribution in [0.1, 0.15) is 68.7 Å². The van der Waals surface area contributed by atoms with Crippen molar-refractivity contribution in [3.05, 3.63) is 0 Å². The first kappa shape index (κ1) is 21.6. The van der Waals surface area contributed by atoms with Gasteiger partial charge in [-0.25, -0.2) is 0 Å². The molecular weight excluding hydrogens is 322 g/mol. The largest absolute Gasteiger partial charge is 0.347 e. The summed E-state index contributed by atoms with van der Waals surface area (Å²) in [4.78, 5) is 0. The van der Waals surface area contributed by atoms with E-state index >= 15 is 0 Å². The molecule has 138 valence electrons. The molecule has 4 nitrogen and oxygen atoms in total. The van der Waals surface area contributed by atoms with Crippen LogP contribution in [0.4, 0.5) is 0 Å². The van der Waals surface area contributed by atoms with Crippen molar-refractivity contribution in [3.8, 4) is 0 Å². The van der Waals surface area contributed by atoms with Gasteiger partial charge in [0.2, 0.25) is 0 Å². The van der Waals surface area contributed by atoms with Gasteiger partial charge in [-0.3, -0.25) is 0 Å². The Kier molecular flexibility index (Phi) is 7.35. The van der Waals surface area contributed by atoms with Crippen LogP contribution in [0.5, 0.6) is 0 Å². The smallest absolute Gasteiger partial charge is 0.140 e. The first-order valence-electron chi connectivity index (χ1n) is 9.15. The monoisotopic (exact) mass is 363 g/mol. The molecular formula is C17H41N4P2+. The fourth-order valence-corrected chi connectivity index (χ4v) is 15.0. The molecule has 1 heterocycles. The van der Waals surface area contributed by atoms with Crippen LogP contribution in [0.25, 0.3) is 0 Å². The molecule has 1 atom stereocenters. The van der Waals surface area contributed by atoms with Gasteiger partial charge in [0, 0.05) is 32.7 Å². The molecule has 0 amide bonds. The van der Waals surface area contributed by atoms with Gasteiger partial charge in [0.05, 0.1) is 0 Å². The minimum absolute atomic E-state index is 0.0521. The van der Waals surface area contributed by atoms with Crippen LogP contribution in [-0.2, 0) is 0 Å². The maximum Gasteiger partial charge on any atom is 0.347 e. The standard InChI is InChI=1S/C17H41N4P2/c1-14(2)22(15(3)4,16(5)6)20-23(19-17(7,8)9)18-12-11-13-21(23)10/h14-16,18-19H,11-13H2,1-10H3/q+1. The second kappa shape index (κ2) is 7.83. The summed E-state index contributed by atoms with van der Waals surface area (Å²) in [6.45, 7) is 23.3. The van der Waals surface area contributed by atoms with E-state index in [4.69, 9.17) is 4.52 Å². The summed E-state index contributed by atoms with van der Waals surface area (Å²) in [7, 11) is -1.09. The Morgan fingerprint density at radius 2 is 1.52 bits per heavy atom. The molecule has 0 radical (unpaired) electrons. The van der Waals surface area contributed by atoms with Crippen LogP contribution < -0.4 is 10.2 Å². The maximum atomic E-state index is 5.79. The van der Waals surface area contributed by atoms with Gasteiger partial charge in [0.25, 0.3) is 0 Å². The lowest BCUT2D eigenvalue weighted by atomic mass is 10.1. The molecule has 1 saturated heterocycles. The van der Waals surface area contributed by atoms with Crippen LogP contribution in [-0.4, -0.2) is 47.3 Å². The minimum atomic E-state index is -1.88. The quantitative estimate of drug-likeness (QED) is 0.642. The highest BCUT2D eigenvalue weighted by Crippen LogP contribution is 2.72. The Morgan fingerprint density at radius 3 is 1.87 bits per heavy atom. The van der Waals surface area contributed by atoms with Crippen LogP contribution in [0.3, 0.4) is 0 Å². The Labute approximate surface area is 146 Å². The zero-order valence-electron chi connectivity index (χ0n) is 17.1. The molecule has 0 saturated carbocycles. The molecule has 1 aliphatic rings.